The monoisotopic (exact) mass is 566 g/mol. The van der Waals surface area contributed by atoms with Crippen LogP contribution in [0.3, 0.4) is 0 Å². The number of carbonyl (C=O) groups excluding carboxylic acids is 3. The lowest BCUT2D eigenvalue weighted by Crippen LogP contribution is -2.51. The molecule has 0 bridgehead atoms. The fourth-order valence-electron chi connectivity index (χ4n) is 7.62. The Kier molecular flexibility index (Phi) is 6.42. The third-order valence-electron chi connectivity index (χ3n) is 9.52. The zero-order valence-electron chi connectivity index (χ0n) is 24.6. The van der Waals surface area contributed by atoms with Crippen molar-refractivity contribution in [1.29, 1.82) is 0 Å². The number of ketones is 2. The molecule has 5 heteroatoms. The highest BCUT2D eigenvalue weighted by Crippen LogP contribution is 2.58. The number of anilines is 2. The number of Topliss-reactive ketones (excluding diaryl/α,β-unsaturated/α-hetero) is 2. The quantitative estimate of drug-likeness (QED) is 0.251. The minimum atomic E-state index is -1.31. The average molecular weight is 567 g/mol. The van der Waals surface area contributed by atoms with Gasteiger partial charge in [0, 0.05) is 28.1 Å². The molecule has 1 amide bonds. The summed E-state index contributed by atoms with van der Waals surface area (Å²) in [6.45, 7) is 6.23. The van der Waals surface area contributed by atoms with E-state index in [1.165, 1.54) is 0 Å². The van der Waals surface area contributed by atoms with Crippen molar-refractivity contribution in [3.8, 4) is 0 Å². The fraction of sp³-hybridized carbons (Fsp3) is 0.237. The molecule has 1 saturated heterocycles. The van der Waals surface area contributed by atoms with Crippen LogP contribution in [0.25, 0.3) is 5.57 Å². The number of benzene rings is 4. The van der Waals surface area contributed by atoms with E-state index in [-0.39, 0.29) is 17.5 Å². The third-order valence-corrected chi connectivity index (χ3v) is 9.52. The molecule has 0 aliphatic carbocycles. The summed E-state index contributed by atoms with van der Waals surface area (Å²) in [6.07, 6.45) is 4.03. The first kappa shape index (κ1) is 27.1. The van der Waals surface area contributed by atoms with Gasteiger partial charge < -0.3 is 10.2 Å². The number of hydrogen-bond acceptors (Lipinski definition) is 4. The van der Waals surface area contributed by atoms with E-state index in [2.05, 4.69) is 36.2 Å². The molecule has 4 aromatic carbocycles. The smallest absolute Gasteiger partial charge is 0.238 e. The lowest BCUT2D eigenvalue weighted by atomic mass is 9.64. The summed E-state index contributed by atoms with van der Waals surface area (Å²) in [7, 11) is 0. The molecular weight excluding hydrogens is 532 g/mol. The van der Waals surface area contributed by atoms with Crippen LogP contribution < -0.4 is 10.2 Å². The Morgan fingerprint density at radius 1 is 0.837 bits per heavy atom. The van der Waals surface area contributed by atoms with Gasteiger partial charge in [-0.05, 0) is 55.2 Å². The molecule has 4 aromatic rings. The van der Waals surface area contributed by atoms with E-state index in [4.69, 9.17) is 0 Å². The zero-order valence-corrected chi connectivity index (χ0v) is 24.6. The largest absolute Gasteiger partial charge is 0.352 e. The van der Waals surface area contributed by atoms with Gasteiger partial charge in [0.25, 0.3) is 0 Å². The topological polar surface area (TPSA) is 66.5 Å². The van der Waals surface area contributed by atoms with Crippen molar-refractivity contribution in [2.24, 2.45) is 5.92 Å². The lowest BCUT2D eigenvalue weighted by molar-refractivity contribution is -0.121. The molecule has 1 spiro atoms. The lowest BCUT2D eigenvalue weighted by Gasteiger charge is -2.39. The second-order valence-electron chi connectivity index (χ2n) is 12.1. The van der Waals surface area contributed by atoms with Crippen molar-refractivity contribution in [2.75, 3.05) is 10.2 Å². The van der Waals surface area contributed by atoms with Crippen LogP contribution in [0.2, 0.25) is 0 Å². The SMILES string of the molecule is CCCc1ccc(C(=O)[C@@H]2[C@H](C(=O)c3ccccc3)N3c4ccc(C)cc4C(C)=C[C@@H]3[C@]23C(=O)Nc2ccccc23)cc1. The number of carbonyl (C=O) groups is 3. The Bertz CT molecular complexity index is 1810. The summed E-state index contributed by atoms with van der Waals surface area (Å²) >= 11 is 0. The van der Waals surface area contributed by atoms with Crippen LogP contribution in [-0.2, 0) is 16.6 Å². The van der Waals surface area contributed by atoms with Crippen LogP contribution in [0, 0.1) is 12.8 Å². The van der Waals surface area contributed by atoms with E-state index < -0.39 is 23.4 Å². The standard InChI is InChI=1S/C38H34N2O3/c1-4-10-25-16-18-27(19-17-25)35(41)33-34(36(42)26-11-6-5-7-12-26)40-31-20-15-23(2)21-28(31)24(3)22-32(40)38(33)29-13-8-9-14-30(29)39-37(38)43/h5-9,11-22,32-34H,4,10H2,1-3H3,(H,39,43)/t32-,33+,34-,38+/m1/s1. The number of allylic oxidation sites excluding steroid dienone is 1. The van der Waals surface area contributed by atoms with Gasteiger partial charge in [-0.2, -0.15) is 0 Å². The first-order valence-corrected chi connectivity index (χ1v) is 15.1. The van der Waals surface area contributed by atoms with Crippen molar-refractivity contribution < 1.29 is 14.4 Å². The predicted molar refractivity (Wildman–Crippen MR) is 171 cm³/mol. The summed E-state index contributed by atoms with van der Waals surface area (Å²) in [6, 6.07) is 29.2. The Morgan fingerprint density at radius 2 is 1.53 bits per heavy atom. The van der Waals surface area contributed by atoms with E-state index in [0.29, 0.717) is 16.8 Å². The summed E-state index contributed by atoms with van der Waals surface area (Å²) < 4.78 is 0. The molecule has 0 aromatic heterocycles. The van der Waals surface area contributed by atoms with Crippen LogP contribution in [0.4, 0.5) is 11.4 Å². The molecule has 3 aliphatic rings. The maximum Gasteiger partial charge on any atom is 0.238 e. The number of aryl methyl sites for hydroxylation is 2. The fourth-order valence-corrected chi connectivity index (χ4v) is 7.62. The van der Waals surface area contributed by atoms with Crippen molar-refractivity contribution in [2.45, 2.75) is 51.1 Å². The van der Waals surface area contributed by atoms with Crippen LogP contribution in [0.15, 0.2) is 103 Å². The maximum atomic E-state index is 15.0. The molecule has 1 fully saturated rings. The number of nitrogens with one attached hydrogen (secondary N) is 1. The highest BCUT2D eigenvalue weighted by molar-refractivity contribution is 6.18. The van der Waals surface area contributed by atoms with Gasteiger partial charge in [0.1, 0.15) is 11.5 Å². The van der Waals surface area contributed by atoms with Crippen molar-refractivity contribution >= 4 is 34.4 Å². The molecule has 0 unspecified atom stereocenters. The number of rotatable bonds is 6. The Labute approximate surface area is 252 Å². The van der Waals surface area contributed by atoms with Gasteiger partial charge in [-0.1, -0.05) is 104 Å². The maximum absolute atomic E-state index is 15.0. The van der Waals surface area contributed by atoms with Crippen LogP contribution in [-0.4, -0.2) is 29.6 Å². The zero-order chi connectivity index (χ0) is 29.9. The third kappa shape index (κ3) is 3.94. The van der Waals surface area contributed by atoms with Crippen molar-refractivity contribution in [3.63, 3.8) is 0 Å². The first-order chi connectivity index (χ1) is 20.9. The summed E-state index contributed by atoms with van der Waals surface area (Å²) in [5.74, 6) is -1.58. The number of para-hydroxylation sites is 1. The van der Waals surface area contributed by atoms with E-state index in [1.54, 1.807) is 12.1 Å². The first-order valence-electron chi connectivity index (χ1n) is 15.1. The summed E-state index contributed by atoms with van der Waals surface area (Å²) in [5, 5.41) is 3.11. The number of fused-ring (bicyclic) bond motifs is 6. The van der Waals surface area contributed by atoms with E-state index in [1.807, 2.05) is 85.8 Å². The second kappa shape index (κ2) is 10.2. The number of amides is 1. The van der Waals surface area contributed by atoms with E-state index >= 15 is 0 Å². The highest BCUT2D eigenvalue weighted by atomic mass is 16.2. The molecule has 214 valence electrons. The summed E-state index contributed by atoms with van der Waals surface area (Å²) in [5.41, 5.74) is 6.35. The highest BCUT2D eigenvalue weighted by Gasteiger charge is 2.70. The molecule has 4 atom stereocenters. The van der Waals surface area contributed by atoms with Gasteiger partial charge in [-0.3, -0.25) is 14.4 Å². The molecule has 43 heavy (non-hydrogen) atoms. The normalized spacial score (nSPS) is 23.3. The van der Waals surface area contributed by atoms with E-state index in [0.717, 1.165) is 46.4 Å². The molecule has 3 heterocycles. The van der Waals surface area contributed by atoms with Crippen LogP contribution in [0.5, 0.6) is 0 Å². The van der Waals surface area contributed by atoms with E-state index in [9.17, 15) is 14.4 Å². The minimum absolute atomic E-state index is 0.167. The molecule has 1 N–H and O–H groups in total. The van der Waals surface area contributed by atoms with Gasteiger partial charge in [0.2, 0.25) is 5.91 Å². The molecule has 0 radical (unpaired) electrons. The molecule has 3 aliphatic heterocycles. The summed E-state index contributed by atoms with van der Waals surface area (Å²) in [4.78, 5) is 46.4. The van der Waals surface area contributed by atoms with Gasteiger partial charge in [0.15, 0.2) is 11.6 Å². The Hall–Kier alpha value is -4.77. The molecule has 5 nitrogen and oxygen atoms in total. The van der Waals surface area contributed by atoms with Crippen molar-refractivity contribution in [1.82, 2.24) is 0 Å². The van der Waals surface area contributed by atoms with Gasteiger partial charge in [-0.25, -0.2) is 0 Å². The Morgan fingerprint density at radius 3 is 2.28 bits per heavy atom. The number of hydrogen-bond donors (Lipinski definition) is 1. The molecule has 7 rings (SSSR count). The number of nitrogens with zero attached hydrogens (tertiary/aromatic N) is 1. The second-order valence-corrected chi connectivity index (χ2v) is 12.1. The van der Waals surface area contributed by atoms with Crippen LogP contribution in [0.1, 0.15) is 63.2 Å². The van der Waals surface area contributed by atoms with Gasteiger partial charge in [-0.15, -0.1) is 0 Å². The average Bonchev–Trinajstić information content (AvgIpc) is 3.49. The van der Waals surface area contributed by atoms with Crippen molar-refractivity contribution in [3.05, 3.63) is 137 Å². The Balaban J connectivity index is 1.52. The van der Waals surface area contributed by atoms with Gasteiger partial charge >= 0.3 is 0 Å². The minimum Gasteiger partial charge on any atom is -0.352 e. The molecular formula is C38H34N2O3. The predicted octanol–water partition coefficient (Wildman–Crippen LogP) is 7.19. The van der Waals surface area contributed by atoms with Gasteiger partial charge in [0.05, 0.1) is 12.0 Å². The molecule has 0 saturated carbocycles. The van der Waals surface area contributed by atoms with Crippen LogP contribution >= 0.6 is 0 Å².